The van der Waals surface area contributed by atoms with Gasteiger partial charge in [0.1, 0.15) is 17.3 Å². The van der Waals surface area contributed by atoms with Gasteiger partial charge in [0.25, 0.3) is 5.91 Å². The van der Waals surface area contributed by atoms with Crippen molar-refractivity contribution in [3.8, 4) is 11.5 Å². The van der Waals surface area contributed by atoms with E-state index in [0.717, 1.165) is 0 Å². The SMILES string of the molecule is COc1ccc(OC)c(NC(=O)CSc2nnc(CNC(=O)c3ccccc3F)n2C)c1. The van der Waals surface area contributed by atoms with Gasteiger partial charge in [-0.15, -0.1) is 10.2 Å². The van der Waals surface area contributed by atoms with Gasteiger partial charge in [-0.1, -0.05) is 23.9 Å². The molecule has 3 aromatic rings. The van der Waals surface area contributed by atoms with E-state index in [1.807, 2.05) is 0 Å². The number of methoxy groups -OCH3 is 2. The molecule has 0 aliphatic rings. The second-order valence-corrected chi connectivity index (χ2v) is 7.47. The standard InChI is InChI=1S/C21H22FN5O4S/c1-27-18(11-23-20(29)14-6-4-5-7-15(14)22)25-26-21(27)32-12-19(28)24-16-10-13(30-2)8-9-17(16)31-3/h4-10H,11-12H2,1-3H3,(H,23,29)(H,24,28). The summed E-state index contributed by atoms with van der Waals surface area (Å²) in [5, 5.41) is 14.0. The summed E-state index contributed by atoms with van der Waals surface area (Å²) in [5.41, 5.74) is 0.445. The number of anilines is 1. The molecule has 1 aromatic heterocycles. The molecule has 0 saturated heterocycles. The van der Waals surface area contributed by atoms with Gasteiger partial charge >= 0.3 is 0 Å². The number of rotatable bonds is 9. The Morgan fingerprint density at radius 2 is 1.91 bits per heavy atom. The highest BCUT2D eigenvalue weighted by Gasteiger charge is 2.15. The van der Waals surface area contributed by atoms with Crippen LogP contribution in [0.4, 0.5) is 10.1 Å². The zero-order chi connectivity index (χ0) is 23.1. The third-order valence-electron chi connectivity index (χ3n) is 4.46. The predicted octanol–water partition coefficient (Wildman–Crippen LogP) is 2.63. The van der Waals surface area contributed by atoms with Gasteiger partial charge in [0, 0.05) is 13.1 Å². The lowest BCUT2D eigenvalue weighted by molar-refractivity contribution is -0.113. The first-order chi connectivity index (χ1) is 15.4. The second kappa shape index (κ2) is 10.6. The van der Waals surface area contributed by atoms with Crippen molar-refractivity contribution < 1.29 is 23.5 Å². The molecule has 2 amide bonds. The van der Waals surface area contributed by atoms with Crippen molar-refractivity contribution in [2.75, 3.05) is 25.3 Å². The lowest BCUT2D eigenvalue weighted by Gasteiger charge is -2.11. The van der Waals surface area contributed by atoms with E-state index in [1.54, 1.807) is 35.9 Å². The maximum atomic E-state index is 13.7. The van der Waals surface area contributed by atoms with Gasteiger partial charge in [-0.2, -0.15) is 0 Å². The Bertz CT molecular complexity index is 1120. The molecule has 0 spiro atoms. The van der Waals surface area contributed by atoms with E-state index in [1.165, 1.54) is 44.2 Å². The molecule has 0 aliphatic carbocycles. The van der Waals surface area contributed by atoms with Crippen LogP contribution in [-0.4, -0.2) is 46.6 Å². The number of hydrogen-bond acceptors (Lipinski definition) is 7. The van der Waals surface area contributed by atoms with Crippen LogP contribution in [-0.2, 0) is 18.4 Å². The molecule has 0 saturated carbocycles. The molecule has 2 N–H and O–H groups in total. The summed E-state index contributed by atoms with van der Waals surface area (Å²) in [6.45, 7) is 0.0600. The van der Waals surface area contributed by atoms with E-state index in [0.29, 0.717) is 28.2 Å². The summed E-state index contributed by atoms with van der Waals surface area (Å²) >= 11 is 1.18. The molecule has 11 heteroatoms. The Labute approximate surface area is 188 Å². The third kappa shape index (κ3) is 5.55. The fraction of sp³-hybridized carbons (Fsp3) is 0.238. The van der Waals surface area contributed by atoms with Crippen molar-refractivity contribution in [1.82, 2.24) is 20.1 Å². The van der Waals surface area contributed by atoms with Crippen LogP contribution >= 0.6 is 11.8 Å². The number of hydrogen-bond donors (Lipinski definition) is 2. The number of thioether (sulfide) groups is 1. The average molecular weight is 460 g/mol. The molecule has 0 radical (unpaired) electrons. The number of ether oxygens (including phenoxy) is 2. The van der Waals surface area contributed by atoms with Crippen LogP contribution in [0.3, 0.4) is 0 Å². The number of nitrogens with one attached hydrogen (secondary N) is 2. The molecule has 2 aromatic carbocycles. The summed E-state index contributed by atoms with van der Waals surface area (Å²) in [7, 11) is 4.77. The molecule has 32 heavy (non-hydrogen) atoms. The summed E-state index contributed by atoms with van der Waals surface area (Å²) in [4.78, 5) is 24.6. The summed E-state index contributed by atoms with van der Waals surface area (Å²) in [5.74, 6) is 0.226. The Kier molecular flexibility index (Phi) is 7.66. The van der Waals surface area contributed by atoms with E-state index in [-0.39, 0.29) is 23.8 Å². The quantitative estimate of drug-likeness (QED) is 0.474. The first kappa shape index (κ1) is 23.1. The van der Waals surface area contributed by atoms with Crippen LogP contribution in [0, 0.1) is 5.82 Å². The molecule has 0 atom stereocenters. The number of nitrogens with zero attached hydrogens (tertiary/aromatic N) is 3. The Hall–Kier alpha value is -3.60. The van der Waals surface area contributed by atoms with E-state index in [2.05, 4.69) is 20.8 Å². The highest BCUT2D eigenvalue weighted by molar-refractivity contribution is 7.99. The van der Waals surface area contributed by atoms with Gasteiger partial charge < -0.3 is 24.7 Å². The highest BCUT2D eigenvalue weighted by Crippen LogP contribution is 2.29. The Morgan fingerprint density at radius 3 is 2.62 bits per heavy atom. The molecular weight excluding hydrogens is 437 g/mol. The zero-order valence-corrected chi connectivity index (χ0v) is 18.5. The van der Waals surface area contributed by atoms with Crippen molar-refractivity contribution in [3.63, 3.8) is 0 Å². The van der Waals surface area contributed by atoms with E-state index >= 15 is 0 Å². The maximum absolute atomic E-state index is 13.7. The van der Waals surface area contributed by atoms with Crippen LogP contribution in [0.1, 0.15) is 16.2 Å². The molecule has 168 valence electrons. The Morgan fingerprint density at radius 1 is 1.12 bits per heavy atom. The molecule has 3 rings (SSSR count). The van der Waals surface area contributed by atoms with E-state index in [9.17, 15) is 14.0 Å². The van der Waals surface area contributed by atoms with Crippen molar-refractivity contribution in [1.29, 1.82) is 0 Å². The number of halogens is 1. The minimum Gasteiger partial charge on any atom is -0.497 e. The molecule has 9 nitrogen and oxygen atoms in total. The third-order valence-corrected chi connectivity index (χ3v) is 5.48. The van der Waals surface area contributed by atoms with Crippen molar-refractivity contribution >= 4 is 29.3 Å². The van der Waals surface area contributed by atoms with Gasteiger partial charge in [0.2, 0.25) is 5.91 Å². The van der Waals surface area contributed by atoms with Crippen LogP contribution in [0.25, 0.3) is 0 Å². The monoisotopic (exact) mass is 459 g/mol. The van der Waals surface area contributed by atoms with Gasteiger partial charge in [-0.05, 0) is 24.3 Å². The first-order valence-corrected chi connectivity index (χ1v) is 10.5. The van der Waals surface area contributed by atoms with Crippen LogP contribution in [0.5, 0.6) is 11.5 Å². The molecule has 0 unspecified atom stereocenters. The summed E-state index contributed by atoms with van der Waals surface area (Å²) in [6, 6.07) is 10.8. The number of carbonyl (C=O) groups excluding carboxylic acids is 2. The lowest BCUT2D eigenvalue weighted by Crippen LogP contribution is -2.25. The van der Waals surface area contributed by atoms with Crippen LogP contribution in [0.15, 0.2) is 47.6 Å². The molecule has 0 fully saturated rings. The summed E-state index contributed by atoms with van der Waals surface area (Å²) < 4.78 is 25.8. The van der Waals surface area contributed by atoms with Crippen molar-refractivity contribution in [3.05, 3.63) is 59.7 Å². The largest absolute Gasteiger partial charge is 0.497 e. The fourth-order valence-electron chi connectivity index (χ4n) is 2.75. The molecule has 0 bridgehead atoms. The van der Waals surface area contributed by atoms with Gasteiger partial charge in [-0.25, -0.2) is 4.39 Å². The number of aromatic nitrogens is 3. The highest BCUT2D eigenvalue weighted by atomic mass is 32.2. The molecule has 0 aliphatic heterocycles. The number of amides is 2. The van der Waals surface area contributed by atoms with Gasteiger partial charge in [0.05, 0.1) is 37.8 Å². The van der Waals surface area contributed by atoms with Crippen LogP contribution in [0.2, 0.25) is 0 Å². The van der Waals surface area contributed by atoms with Crippen molar-refractivity contribution in [2.45, 2.75) is 11.7 Å². The predicted molar refractivity (Wildman–Crippen MR) is 117 cm³/mol. The normalized spacial score (nSPS) is 10.5. The van der Waals surface area contributed by atoms with Gasteiger partial charge in [-0.3, -0.25) is 9.59 Å². The minimum absolute atomic E-state index is 0.0473. The smallest absolute Gasteiger partial charge is 0.254 e. The fourth-order valence-corrected chi connectivity index (χ4v) is 3.48. The maximum Gasteiger partial charge on any atom is 0.254 e. The number of carbonyl (C=O) groups is 2. The Balaban J connectivity index is 1.56. The van der Waals surface area contributed by atoms with Crippen LogP contribution < -0.4 is 20.1 Å². The van der Waals surface area contributed by atoms with E-state index in [4.69, 9.17) is 9.47 Å². The summed E-state index contributed by atoms with van der Waals surface area (Å²) in [6.07, 6.45) is 0. The lowest BCUT2D eigenvalue weighted by atomic mass is 10.2. The minimum atomic E-state index is -0.599. The molecular formula is C21H22FN5O4S. The topological polar surface area (TPSA) is 107 Å². The zero-order valence-electron chi connectivity index (χ0n) is 17.7. The first-order valence-electron chi connectivity index (χ1n) is 9.48. The van der Waals surface area contributed by atoms with E-state index < -0.39 is 11.7 Å². The number of benzene rings is 2. The van der Waals surface area contributed by atoms with Gasteiger partial charge in [0.15, 0.2) is 11.0 Å². The molecule has 1 heterocycles. The average Bonchev–Trinajstić information content (AvgIpc) is 3.15. The van der Waals surface area contributed by atoms with Crippen molar-refractivity contribution in [2.24, 2.45) is 7.05 Å². The second-order valence-electron chi connectivity index (χ2n) is 6.52.